The zero-order valence-corrected chi connectivity index (χ0v) is 14.3. The van der Waals surface area contributed by atoms with Crippen LogP contribution in [-0.4, -0.2) is 32.2 Å². The van der Waals surface area contributed by atoms with Gasteiger partial charge in [-0.2, -0.15) is 4.31 Å². The molecule has 2 aromatic rings. The van der Waals surface area contributed by atoms with Crippen molar-refractivity contribution in [3.05, 3.63) is 65.5 Å². The Labute approximate surface area is 141 Å². The lowest BCUT2D eigenvalue weighted by atomic mass is 10.1. The maximum absolute atomic E-state index is 12.9. The predicted molar refractivity (Wildman–Crippen MR) is 89.2 cm³/mol. The minimum atomic E-state index is -3.83. The topological polar surface area (TPSA) is 66.5 Å². The first kappa shape index (κ1) is 18.1. The first-order valence-corrected chi connectivity index (χ1v) is 8.77. The van der Waals surface area contributed by atoms with Crippen LogP contribution in [0.2, 0.25) is 0 Å². The summed E-state index contributed by atoms with van der Waals surface area (Å²) in [4.78, 5) is 11.9. The molecular weight excluding hydrogens is 331 g/mol. The molecule has 0 aliphatic carbocycles. The molecule has 0 aliphatic heterocycles. The van der Waals surface area contributed by atoms with E-state index >= 15 is 0 Å². The summed E-state index contributed by atoms with van der Waals surface area (Å²) < 4.78 is 38.5. The molecule has 0 saturated heterocycles. The summed E-state index contributed by atoms with van der Waals surface area (Å²) in [5.74, 6) is -0.933. The Morgan fingerprint density at radius 3 is 2.46 bits per heavy atom. The van der Waals surface area contributed by atoms with Crippen LogP contribution >= 0.6 is 0 Å². The van der Waals surface area contributed by atoms with Gasteiger partial charge in [-0.3, -0.25) is 4.79 Å². The second-order valence-corrected chi connectivity index (χ2v) is 7.53. The Bertz CT molecular complexity index is 820. The fraction of sp³-hybridized carbons (Fsp3) is 0.235. The number of halogens is 1. The highest BCUT2D eigenvalue weighted by Gasteiger charge is 2.22. The van der Waals surface area contributed by atoms with E-state index in [0.29, 0.717) is 6.54 Å². The summed E-state index contributed by atoms with van der Waals surface area (Å²) in [6, 6.07) is 12.1. The zero-order chi connectivity index (χ0) is 17.7. The quantitative estimate of drug-likeness (QED) is 0.867. The molecule has 5 nitrogen and oxygen atoms in total. The smallest absolute Gasteiger partial charge is 0.243 e. The van der Waals surface area contributed by atoms with Crippen molar-refractivity contribution in [1.82, 2.24) is 9.62 Å². The molecule has 1 N–H and O–H groups in total. The lowest BCUT2D eigenvalue weighted by Crippen LogP contribution is -2.38. The molecule has 0 saturated carbocycles. The van der Waals surface area contributed by atoms with Gasteiger partial charge in [0.25, 0.3) is 0 Å². The number of likely N-dealkylation sites (N-methyl/N-ethyl adjacent to an activating group) is 1. The highest BCUT2D eigenvalue weighted by Crippen LogP contribution is 2.14. The first-order chi connectivity index (χ1) is 11.3. The molecule has 0 aliphatic rings. The summed E-state index contributed by atoms with van der Waals surface area (Å²) >= 11 is 0. The van der Waals surface area contributed by atoms with Gasteiger partial charge in [-0.1, -0.05) is 29.8 Å². The number of rotatable bonds is 6. The second kappa shape index (κ2) is 7.55. The minimum Gasteiger partial charge on any atom is -0.351 e. The first-order valence-electron chi connectivity index (χ1n) is 7.33. The van der Waals surface area contributed by atoms with Crippen LogP contribution in [0.25, 0.3) is 0 Å². The lowest BCUT2D eigenvalue weighted by molar-refractivity contribution is -0.121. The van der Waals surface area contributed by atoms with Gasteiger partial charge in [0.05, 0.1) is 11.4 Å². The maximum atomic E-state index is 12.9. The third-order valence-corrected chi connectivity index (χ3v) is 5.28. The maximum Gasteiger partial charge on any atom is 0.243 e. The highest BCUT2D eigenvalue weighted by molar-refractivity contribution is 7.89. The van der Waals surface area contributed by atoms with Crippen molar-refractivity contribution in [1.29, 1.82) is 0 Å². The third-order valence-electron chi connectivity index (χ3n) is 3.46. The van der Waals surface area contributed by atoms with Crippen molar-refractivity contribution < 1.29 is 17.6 Å². The minimum absolute atomic E-state index is 0.0575. The van der Waals surface area contributed by atoms with E-state index in [9.17, 15) is 17.6 Å². The molecule has 0 heterocycles. The van der Waals surface area contributed by atoms with Gasteiger partial charge in [-0.15, -0.1) is 0 Å². The monoisotopic (exact) mass is 350 g/mol. The predicted octanol–water partition coefficient (Wildman–Crippen LogP) is 2.07. The molecule has 0 radical (unpaired) electrons. The molecule has 0 atom stereocenters. The number of carbonyl (C=O) groups is 1. The summed E-state index contributed by atoms with van der Waals surface area (Å²) in [5.41, 5.74) is 2.02. The van der Waals surface area contributed by atoms with Gasteiger partial charge < -0.3 is 5.32 Å². The number of benzene rings is 2. The van der Waals surface area contributed by atoms with E-state index in [4.69, 9.17) is 0 Å². The number of nitrogens with one attached hydrogen (secondary N) is 1. The van der Waals surface area contributed by atoms with E-state index in [2.05, 4.69) is 5.32 Å². The van der Waals surface area contributed by atoms with Gasteiger partial charge in [0.15, 0.2) is 0 Å². The SMILES string of the molecule is Cc1cccc(CNC(=O)CN(C)S(=O)(=O)c2ccc(F)cc2)c1. The molecular formula is C17H19FN2O3S. The van der Waals surface area contributed by atoms with Crippen LogP contribution in [0.4, 0.5) is 4.39 Å². The van der Waals surface area contributed by atoms with Crippen LogP contribution in [0.15, 0.2) is 53.4 Å². The summed E-state index contributed by atoms with van der Waals surface area (Å²) in [6.07, 6.45) is 0. The van der Waals surface area contributed by atoms with E-state index in [1.165, 1.54) is 19.2 Å². The van der Waals surface area contributed by atoms with Crippen LogP contribution in [0.1, 0.15) is 11.1 Å². The van der Waals surface area contributed by atoms with Crippen molar-refractivity contribution >= 4 is 15.9 Å². The van der Waals surface area contributed by atoms with Gasteiger partial charge in [0.1, 0.15) is 5.82 Å². The normalized spacial score (nSPS) is 11.5. The molecule has 128 valence electrons. The van der Waals surface area contributed by atoms with Crippen LogP contribution in [0, 0.1) is 12.7 Å². The number of sulfonamides is 1. The Morgan fingerprint density at radius 2 is 1.83 bits per heavy atom. The molecule has 0 unspecified atom stereocenters. The second-order valence-electron chi connectivity index (χ2n) is 5.48. The number of aryl methyl sites for hydroxylation is 1. The van der Waals surface area contributed by atoms with Gasteiger partial charge in [-0.05, 0) is 36.8 Å². The van der Waals surface area contributed by atoms with E-state index in [-0.39, 0.29) is 11.4 Å². The molecule has 7 heteroatoms. The Balaban J connectivity index is 1.96. The van der Waals surface area contributed by atoms with Crippen LogP contribution in [0.3, 0.4) is 0 Å². The fourth-order valence-corrected chi connectivity index (χ4v) is 3.28. The molecule has 0 aromatic heterocycles. The van der Waals surface area contributed by atoms with Crippen molar-refractivity contribution in [2.75, 3.05) is 13.6 Å². The average Bonchev–Trinajstić information content (AvgIpc) is 2.53. The average molecular weight is 350 g/mol. The van der Waals surface area contributed by atoms with Crippen molar-refractivity contribution in [2.45, 2.75) is 18.4 Å². The molecule has 1 amide bonds. The molecule has 0 fully saturated rings. The molecule has 0 bridgehead atoms. The summed E-state index contributed by atoms with van der Waals surface area (Å²) in [5, 5.41) is 2.68. The lowest BCUT2D eigenvalue weighted by Gasteiger charge is -2.17. The molecule has 24 heavy (non-hydrogen) atoms. The molecule has 0 spiro atoms. The number of hydrogen-bond donors (Lipinski definition) is 1. The Morgan fingerprint density at radius 1 is 1.17 bits per heavy atom. The number of carbonyl (C=O) groups excluding carboxylic acids is 1. The van der Waals surface area contributed by atoms with Gasteiger partial charge in [0, 0.05) is 13.6 Å². The van der Waals surface area contributed by atoms with Crippen molar-refractivity contribution in [3.8, 4) is 0 Å². The number of amides is 1. The van der Waals surface area contributed by atoms with Crippen LogP contribution in [-0.2, 0) is 21.4 Å². The van der Waals surface area contributed by atoms with E-state index < -0.39 is 21.7 Å². The zero-order valence-electron chi connectivity index (χ0n) is 13.5. The molecule has 2 aromatic carbocycles. The standard InChI is InChI=1S/C17H19FN2O3S/c1-13-4-3-5-14(10-13)11-19-17(21)12-20(2)24(22,23)16-8-6-15(18)7-9-16/h3-10H,11-12H2,1-2H3,(H,19,21). The van der Waals surface area contributed by atoms with Crippen LogP contribution < -0.4 is 5.32 Å². The Kier molecular flexibility index (Phi) is 5.69. The van der Waals surface area contributed by atoms with Gasteiger partial charge in [0.2, 0.25) is 15.9 Å². The van der Waals surface area contributed by atoms with E-state index in [1.54, 1.807) is 0 Å². The number of hydrogen-bond acceptors (Lipinski definition) is 3. The van der Waals surface area contributed by atoms with Crippen molar-refractivity contribution in [3.63, 3.8) is 0 Å². The third kappa shape index (κ3) is 4.62. The van der Waals surface area contributed by atoms with Crippen molar-refractivity contribution in [2.24, 2.45) is 0 Å². The summed E-state index contributed by atoms with van der Waals surface area (Å²) in [6.45, 7) is 1.96. The summed E-state index contributed by atoms with van der Waals surface area (Å²) in [7, 11) is -2.52. The van der Waals surface area contributed by atoms with Gasteiger partial charge >= 0.3 is 0 Å². The van der Waals surface area contributed by atoms with E-state index in [0.717, 1.165) is 27.6 Å². The number of nitrogens with zero attached hydrogens (tertiary/aromatic N) is 1. The fourth-order valence-electron chi connectivity index (χ4n) is 2.15. The molecule has 2 rings (SSSR count). The van der Waals surface area contributed by atoms with Gasteiger partial charge in [-0.25, -0.2) is 12.8 Å². The van der Waals surface area contributed by atoms with Crippen LogP contribution in [0.5, 0.6) is 0 Å². The highest BCUT2D eigenvalue weighted by atomic mass is 32.2. The Hall–Kier alpha value is -2.25. The largest absolute Gasteiger partial charge is 0.351 e. The van der Waals surface area contributed by atoms with E-state index in [1.807, 2.05) is 31.2 Å².